The Labute approximate surface area is 187 Å². The summed E-state index contributed by atoms with van der Waals surface area (Å²) in [5, 5.41) is 5.13. The zero-order chi connectivity index (χ0) is 23.5. The van der Waals surface area contributed by atoms with E-state index in [9.17, 15) is 18.8 Å². The smallest absolute Gasteiger partial charge is 0.408 e. The van der Waals surface area contributed by atoms with Gasteiger partial charge in [-0.2, -0.15) is 0 Å². The van der Waals surface area contributed by atoms with Gasteiger partial charge >= 0.3 is 12.1 Å². The summed E-state index contributed by atoms with van der Waals surface area (Å²) < 4.78 is 24.0. The van der Waals surface area contributed by atoms with E-state index in [0.717, 1.165) is 5.56 Å². The molecule has 0 fully saturated rings. The summed E-state index contributed by atoms with van der Waals surface area (Å²) in [5.41, 5.74) is 1.07. The molecule has 0 saturated heterocycles. The van der Waals surface area contributed by atoms with Crippen molar-refractivity contribution in [3.8, 4) is 0 Å². The maximum Gasteiger partial charge on any atom is 0.408 e. The number of halogens is 1. The van der Waals surface area contributed by atoms with Crippen LogP contribution in [0.1, 0.15) is 31.4 Å². The highest BCUT2D eigenvalue weighted by atomic mass is 19.1. The second-order valence-electron chi connectivity index (χ2n) is 7.77. The highest BCUT2D eigenvalue weighted by Gasteiger charge is 2.29. The zero-order valence-electron chi connectivity index (χ0n) is 18.5. The topological polar surface area (TPSA) is 93.7 Å². The molecule has 0 aliphatic heterocycles. The second-order valence-corrected chi connectivity index (χ2v) is 7.77. The van der Waals surface area contributed by atoms with E-state index in [2.05, 4.69) is 10.6 Å². The number of alkyl carbamates (subject to hydrolysis) is 1. The van der Waals surface area contributed by atoms with Crippen LogP contribution in [0.15, 0.2) is 54.6 Å². The SMILES string of the molecule is COC(=O)[C@@H](Cc1ccccc1F)NC(=O)[C@H](CC(C)C)NC(=O)OCc1ccccc1. The first kappa shape index (κ1) is 24.8. The van der Waals surface area contributed by atoms with Gasteiger partial charge in [0.15, 0.2) is 0 Å². The van der Waals surface area contributed by atoms with Gasteiger partial charge in [0.1, 0.15) is 24.5 Å². The Hall–Kier alpha value is -3.42. The Morgan fingerprint density at radius 3 is 2.22 bits per heavy atom. The molecule has 0 aliphatic carbocycles. The molecule has 32 heavy (non-hydrogen) atoms. The van der Waals surface area contributed by atoms with Crippen LogP contribution in [0.2, 0.25) is 0 Å². The molecular weight excluding hydrogens is 415 g/mol. The van der Waals surface area contributed by atoms with E-state index in [0.29, 0.717) is 6.42 Å². The maximum atomic E-state index is 14.0. The predicted molar refractivity (Wildman–Crippen MR) is 117 cm³/mol. The summed E-state index contributed by atoms with van der Waals surface area (Å²) in [6.45, 7) is 3.85. The van der Waals surface area contributed by atoms with Crippen LogP contribution < -0.4 is 10.6 Å². The molecule has 172 valence electrons. The maximum absolute atomic E-state index is 14.0. The Kier molecular flexibility index (Phi) is 9.66. The lowest BCUT2D eigenvalue weighted by molar-refractivity contribution is -0.145. The lowest BCUT2D eigenvalue weighted by Gasteiger charge is -2.23. The van der Waals surface area contributed by atoms with Crippen LogP contribution in [0.5, 0.6) is 0 Å². The number of rotatable bonds is 10. The highest BCUT2D eigenvalue weighted by Crippen LogP contribution is 2.12. The Morgan fingerprint density at radius 1 is 0.938 bits per heavy atom. The third-order valence-corrected chi connectivity index (χ3v) is 4.71. The fraction of sp³-hybridized carbons (Fsp3) is 0.375. The molecule has 7 nitrogen and oxygen atoms in total. The summed E-state index contributed by atoms with van der Waals surface area (Å²) in [6.07, 6.45) is -0.518. The molecule has 0 bridgehead atoms. The number of hydrogen-bond donors (Lipinski definition) is 2. The van der Waals surface area contributed by atoms with E-state index in [1.807, 2.05) is 44.2 Å². The van der Waals surface area contributed by atoms with Gasteiger partial charge in [-0.3, -0.25) is 4.79 Å². The van der Waals surface area contributed by atoms with Gasteiger partial charge in [0.2, 0.25) is 5.91 Å². The third kappa shape index (κ3) is 8.02. The van der Waals surface area contributed by atoms with E-state index in [-0.39, 0.29) is 24.5 Å². The molecule has 2 amide bonds. The molecular formula is C24H29FN2O5. The number of amides is 2. The minimum Gasteiger partial charge on any atom is -0.467 e. The van der Waals surface area contributed by atoms with Crippen molar-refractivity contribution in [2.24, 2.45) is 5.92 Å². The average molecular weight is 445 g/mol. The molecule has 0 heterocycles. The third-order valence-electron chi connectivity index (χ3n) is 4.71. The molecule has 2 aromatic rings. The highest BCUT2D eigenvalue weighted by molar-refractivity contribution is 5.89. The summed E-state index contributed by atoms with van der Waals surface area (Å²) in [5.74, 6) is -1.71. The fourth-order valence-electron chi connectivity index (χ4n) is 3.10. The Balaban J connectivity index is 2.05. The van der Waals surface area contributed by atoms with Crippen LogP contribution >= 0.6 is 0 Å². The normalized spacial score (nSPS) is 12.5. The van der Waals surface area contributed by atoms with E-state index in [4.69, 9.17) is 9.47 Å². The number of ether oxygens (including phenoxy) is 2. The van der Waals surface area contributed by atoms with Gasteiger partial charge in [0.05, 0.1) is 7.11 Å². The minimum absolute atomic E-state index is 0.0563. The van der Waals surface area contributed by atoms with Crippen LogP contribution in [-0.4, -0.2) is 37.2 Å². The summed E-state index contributed by atoms with van der Waals surface area (Å²) in [6, 6.07) is 13.1. The van der Waals surface area contributed by atoms with Crippen molar-refractivity contribution in [3.63, 3.8) is 0 Å². The van der Waals surface area contributed by atoms with Crippen molar-refractivity contribution >= 4 is 18.0 Å². The van der Waals surface area contributed by atoms with Gasteiger partial charge in [-0.05, 0) is 29.5 Å². The predicted octanol–water partition coefficient (Wildman–Crippen LogP) is 3.37. The lowest BCUT2D eigenvalue weighted by Crippen LogP contribution is -2.53. The first-order valence-corrected chi connectivity index (χ1v) is 10.4. The molecule has 2 aromatic carbocycles. The fourth-order valence-corrected chi connectivity index (χ4v) is 3.10. The molecule has 2 N–H and O–H groups in total. The Morgan fingerprint density at radius 2 is 1.59 bits per heavy atom. The van der Waals surface area contributed by atoms with Gasteiger partial charge in [0.25, 0.3) is 0 Å². The van der Waals surface area contributed by atoms with Crippen LogP contribution in [0.25, 0.3) is 0 Å². The monoisotopic (exact) mass is 444 g/mol. The molecule has 0 aromatic heterocycles. The lowest BCUT2D eigenvalue weighted by atomic mass is 10.0. The summed E-state index contributed by atoms with van der Waals surface area (Å²) in [4.78, 5) is 37.4. The Bertz CT molecular complexity index is 904. The molecule has 2 atom stereocenters. The molecule has 2 rings (SSSR count). The zero-order valence-corrected chi connectivity index (χ0v) is 18.5. The van der Waals surface area contributed by atoms with Crippen LogP contribution in [0, 0.1) is 11.7 Å². The average Bonchev–Trinajstić information content (AvgIpc) is 2.78. The molecule has 8 heteroatoms. The van der Waals surface area contributed by atoms with Crippen molar-refractivity contribution in [1.29, 1.82) is 0 Å². The minimum atomic E-state index is -1.11. The van der Waals surface area contributed by atoms with Crippen molar-refractivity contribution in [2.75, 3.05) is 7.11 Å². The van der Waals surface area contributed by atoms with E-state index in [1.54, 1.807) is 6.07 Å². The molecule has 0 aliphatic rings. The number of methoxy groups -OCH3 is 1. The number of carbonyl (C=O) groups excluding carboxylic acids is 3. The van der Waals surface area contributed by atoms with Crippen molar-refractivity contribution < 1.29 is 28.2 Å². The first-order chi connectivity index (χ1) is 15.3. The van der Waals surface area contributed by atoms with Crippen LogP contribution in [-0.2, 0) is 32.1 Å². The molecule has 0 spiro atoms. The van der Waals surface area contributed by atoms with E-state index < -0.39 is 35.9 Å². The van der Waals surface area contributed by atoms with E-state index >= 15 is 0 Å². The molecule has 0 saturated carbocycles. The molecule has 0 unspecified atom stereocenters. The number of benzene rings is 2. The quantitative estimate of drug-likeness (QED) is 0.548. The number of nitrogens with one attached hydrogen (secondary N) is 2. The molecule has 0 radical (unpaired) electrons. The van der Waals surface area contributed by atoms with Crippen LogP contribution in [0.4, 0.5) is 9.18 Å². The van der Waals surface area contributed by atoms with Crippen LogP contribution in [0.3, 0.4) is 0 Å². The van der Waals surface area contributed by atoms with Gasteiger partial charge in [-0.15, -0.1) is 0 Å². The van der Waals surface area contributed by atoms with Crippen molar-refractivity contribution in [1.82, 2.24) is 10.6 Å². The van der Waals surface area contributed by atoms with Gasteiger partial charge in [-0.1, -0.05) is 62.4 Å². The van der Waals surface area contributed by atoms with Crippen molar-refractivity contribution in [2.45, 2.75) is 45.4 Å². The summed E-state index contributed by atoms with van der Waals surface area (Å²) in [7, 11) is 1.19. The van der Waals surface area contributed by atoms with Gasteiger partial charge in [0, 0.05) is 6.42 Å². The van der Waals surface area contributed by atoms with E-state index in [1.165, 1.54) is 25.3 Å². The van der Waals surface area contributed by atoms with Crippen molar-refractivity contribution in [3.05, 3.63) is 71.5 Å². The second kappa shape index (κ2) is 12.4. The van der Waals surface area contributed by atoms with Gasteiger partial charge < -0.3 is 20.1 Å². The number of carbonyl (C=O) groups is 3. The number of esters is 1. The first-order valence-electron chi connectivity index (χ1n) is 10.4. The largest absolute Gasteiger partial charge is 0.467 e. The summed E-state index contributed by atoms with van der Waals surface area (Å²) >= 11 is 0. The number of hydrogen-bond acceptors (Lipinski definition) is 5. The van der Waals surface area contributed by atoms with Gasteiger partial charge in [-0.25, -0.2) is 14.0 Å². The standard InChI is InChI=1S/C24H29FN2O5/c1-16(2)13-20(27-24(30)32-15-17-9-5-4-6-10-17)22(28)26-21(23(29)31-3)14-18-11-7-8-12-19(18)25/h4-12,16,20-21H,13-15H2,1-3H3,(H,26,28)(H,27,30)/t20-,21+/m0/s1.